The number of nitriles is 1. The molecule has 3 heteroatoms. The number of anilines is 1. The topological polar surface area (TPSA) is 62.7 Å². The van der Waals surface area contributed by atoms with Gasteiger partial charge in [-0.05, 0) is 48.8 Å². The van der Waals surface area contributed by atoms with Gasteiger partial charge in [0.15, 0.2) is 0 Å². The van der Waals surface area contributed by atoms with Crippen LogP contribution in [0.15, 0.2) is 24.3 Å². The molecule has 0 aliphatic heterocycles. The van der Waals surface area contributed by atoms with Crippen LogP contribution in [-0.2, 0) is 19.3 Å². The molecule has 2 N–H and O–H groups in total. The van der Waals surface area contributed by atoms with Crippen LogP contribution in [0.2, 0.25) is 0 Å². The number of hydrogen-bond acceptors (Lipinski definition) is 3. The van der Waals surface area contributed by atoms with E-state index in [1.54, 1.807) is 0 Å². The van der Waals surface area contributed by atoms with Gasteiger partial charge in [-0.2, -0.15) is 5.26 Å². The van der Waals surface area contributed by atoms with Crippen LogP contribution in [0.4, 0.5) is 5.82 Å². The summed E-state index contributed by atoms with van der Waals surface area (Å²) in [6.07, 6.45) is 7.78. The summed E-state index contributed by atoms with van der Waals surface area (Å²) in [7, 11) is 0. The lowest BCUT2D eigenvalue weighted by Gasteiger charge is -2.19. The lowest BCUT2D eigenvalue weighted by Crippen LogP contribution is -2.10. The van der Waals surface area contributed by atoms with E-state index in [9.17, 15) is 5.26 Å². The lowest BCUT2D eigenvalue weighted by molar-refractivity contribution is 0.610. The normalized spacial score (nSPS) is 14.4. The number of fused-ring (bicyclic) bond motifs is 1. The Bertz CT molecular complexity index is 739. The molecule has 0 fully saturated rings. The highest BCUT2D eigenvalue weighted by Gasteiger charge is 2.20. The molecule has 0 amide bonds. The zero-order chi connectivity index (χ0) is 16.2. The number of hydrogen-bond donors (Lipinski definition) is 1. The zero-order valence-electron chi connectivity index (χ0n) is 13.7. The first-order valence-corrected chi connectivity index (χ1v) is 8.55. The predicted octanol–water partition coefficient (Wildman–Crippen LogP) is 4.42. The van der Waals surface area contributed by atoms with E-state index in [4.69, 9.17) is 5.73 Å². The highest BCUT2D eigenvalue weighted by molar-refractivity contribution is 5.79. The van der Waals surface area contributed by atoms with E-state index in [2.05, 4.69) is 42.2 Å². The molecule has 3 rings (SSSR count). The number of nitrogens with zero attached hydrogens (tertiary/aromatic N) is 2. The molecule has 118 valence electrons. The molecule has 1 aliphatic rings. The standard InChI is InChI=1S/C20H23N3/c1-2-14-9-11-15(12-10-14)19-16-7-5-3-4-6-8-18(16)23-20(22)17(19)13-21/h9-12H,2-8H2,1H3,(H2,22,23). The molecular formula is C20H23N3. The number of nitrogens with two attached hydrogens (primary N) is 1. The maximum Gasteiger partial charge on any atom is 0.142 e. The Labute approximate surface area is 138 Å². The molecule has 0 spiro atoms. The monoisotopic (exact) mass is 305 g/mol. The quantitative estimate of drug-likeness (QED) is 0.893. The Morgan fingerprint density at radius 1 is 1.09 bits per heavy atom. The van der Waals surface area contributed by atoms with Crippen molar-refractivity contribution in [2.75, 3.05) is 5.73 Å². The molecule has 1 aromatic carbocycles. The SMILES string of the molecule is CCc1ccc(-c2c(C#N)c(N)nc3c2CCCCCC3)cc1. The molecule has 0 saturated heterocycles. The molecule has 0 unspecified atom stereocenters. The molecule has 0 saturated carbocycles. The van der Waals surface area contributed by atoms with Crippen molar-refractivity contribution in [3.63, 3.8) is 0 Å². The smallest absolute Gasteiger partial charge is 0.142 e. The van der Waals surface area contributed by atoms with Crippen LogP contribution in [0.25, 0.3) is 11.1 Å². The first-order valence-electron chi connectivity index (χ1n) is 8.55. The van der Waals surface area contributed by atoms with Crippen LogP contribution in [0, 0.1) is 11.3 Å². The van der Waals surface area contributed by atoms with Gasteiger partial charge in [0.1, 0.15) is 17.5 Å². The van der Waals surface area contributed by atoms with Crippen molar-refractivity contribution in [1.29, 1.82) is 5.26 Å². The molecule has 2 aromatic rings. The van der Waals surface area contributed by atoms with Crippen LogP contribution in [0.5, 0.6) is 0 Å². The maximum absolute atomic E-state index is 9.62. The van der Waals surface area contributed by atoms with E-state index in [0.717, 1.165) is 48.9 Å². The van der Waals surface area contributed by atoms with Gasteiger partial charge in [0, 0.05) is 11.3 Å². The molecule has 3 nitrogen and oxygen atoms in total. The van der Waals surface area contributed by atoms with Crippen LogP contribution in [-0.4, -0.2) is 4.98 Å². The summed E-state index contributed by atoms with van der Waals surface area (Å²) in [5.74, 6) is 0.376. The van der Waals surface area contributed by atoms with Crippen LogP contribution in [0.1, 0.15) is 55.0 Å². The second kappa shape index (κ2) is 6.83. The van der Waals surface area contributed by atoms with Crippen molar-refractivity contribution in [3.8, 4) is 17.2 Å². The minimum absolute atomic E-state index is 0.376. The third kappa shape index (κ3) is 3.07. The first kappa shape index (κ1) is 15.6. The van der Waals surface area contributed by atoms with Gasteiger partial charge in [-0.15, -0.1) is 0 Å². The van der Waals surface area contributed by atoms with Crippen molar-refractivity contribution < 1.29 is 0 Å². The fourth-order valence-corrected chi connectivity index (χ4v) is 3.45. The van der Waals surface area contributed by atoms with Crippen LogP contribution >= 0.6 is 0 Å². The van der Waals surface area contributed by atoms with Gasteiger partial charge in [-0.3, -0.25) is 0 Å². The van der Waals surface area contributed by atoms with Gasteiger partial charge < -0.3 is 5.73 Å². The van der Waals surface area contributed by atoms with Crippen molar-refractivity contribution in [1.82, 2.24) is 4.98 Å². The summed E-state index contributed by atoms with van der Waals surface area (Å²) < 4.78 is 0. The second-order valence-electron chi connectivity index (χ2n) is 6.25. The molecule has 0 bridgehead atoms. The first-order chi connectivity index (χ1) is 11.2. The zero-order valence-corrected chi connectivity index (χ0v) is 13.7. The average molecular weight is 305 g/mol. The number of aromatic nitrogens is 1. The fraction of sp³-hybridized carbons (Fsp3) is 0.400. The highest BCUT2D eigenvalue weighted by Crippen LogP contribution is 2.35. The molecule has 1 aromatic heterocycles. The van der Waals surface area contributed by atoms with Crippen LogP contribution in [0.3, 0.4) is 0 Å². The number of nitrogen functional groups attached to an aromatic ring is 1. The molecule has 23 heavy (non-hydrogen) atoms. The van der Waals surface area contributed by atoms with Gasteiger partial charge in [0.25, 0.3) is 0 Å². The molecular weight excluding hydrogens is 282 g/mol. The van der Waals surface area contributed by atoms with Gasteiger partial charge >= 0.3 is 0 Å². The van der Waals surface area contributed by atoms with E-state index < -0.39 is 0 Å². The minimum Gasteiger partial charge on any atom is -0.383 e. The highest BCUT2D eigenvalue weighted by atomic mass is 14.9. The number of aryl methyl sites for hydroxylation is 2. The molecule has 1 heterocycles. The van der Waals surface area contributed by atoms with E-state index in [1.165, 1.54) is 24.0 Å². The van der Waals surface area contributed by atoms with Crippen LogP contribution < -0.4 is 5.73 Å². The Kier molecular flexibility index (Phi) is 4.62. The Hall–Kier alpha value is -2.34. The number of rotatable bonds is 2. The predicted molar refractivity (Wildman–Crippen MR) is 94.1 cm³/mol. The largest absolute Gasteiger partial charge is 0.383 e. The Morgan fingerprint density at radius 3 is 2.43 bits per heavy atom. The van der Waals surface area contributed by atoms with E-state index in [1.807, 2.05) is 0 Å². The summed E-state index contributed by atoms with van der Waals surface area (Å²) in [6.45, 7) is 2.15. The maximum atomic E-state index is 9.62. The number of benzene rings is 1. The van der Waals surface area contributed by atoms with Crippen molar-refractivity contribution in [3.05, 3.63) is 46.6 Å². The Balaban J connectivity index is 2.21. The molecule has 0 radical (unpaired) electrons. The van der Waals surface area contributed by atoms with E-state index in [0.29, 0.717) is 11.4 Å². The third-order valence-corrected chi connectivity index (χ3v) is 4.76. The second-order valence-corrected chi connectivity index (χ2v) is 6.25. The molecule has 0 atom stereocenters. The van der Waals surface area contributed by atoms with E-state index >= 15 is 0 Å². The minimum atomic E-state index is 0.376. The van der Waals surface area contributed by atoms with Gasteiger partial charge in [-0.1, -0.05) is 44.0 Å². The Morgan fingerprint density at radius 2 is 1.78 bits per heavy atom. The van der Waals surface area contributed by atoms with Gasteiger partial charge in [0.2, 0.25) is 0 Å². The lowest BCUT2D eigenvalue weighted by atomic mass is 9.87. The molecule has 1 aliphatic carbocycles. The van der Waals surface area contributed by atoms with Crippen molar-refractivity contribution in [2.45, 2.75) is 51.9 Å². The van der Waals surface area contributed by atoms with Gasteiger partial charge in [0.05, 0.1) is 0 Å². The summed E-state index contributed by atoms with van der Waals surface area (Å²) >= 11 is 0. The fourth-order valence-electron chi connectivity index (χ4n) is 3.45. The average Bonchev–Trinajstić information content (AvgIpc) is 2.56. The summed E-state index contributed by atoms with van der Waals surface area (Å²) in [4.78, 5) is 4.56. The third-order valence-electron chi connectivity index (χ3n) is 4.76. The number of pyridine rings is 1. The van der Waals surface area contributed by atoms with Crippen molar-refractivity contribution >= 4 is 5.82 Å². The summed E-state index contributed by atoms with van der Waals surface area (Å²) in [6, 6.07) is 10.8. The van der Waals surface area contributed by atoms with E-state index in [-0.39, 0.29) is 0 Å². The summed E-state index contributed by atoms with van der Waals surface area (Å²) in [5, 5.41) is 9.62. The summed E-state index contributed by atoms with van der Waals surface area (Å²) in [5.41, 5.74) is 12.4. The van der Waals surface area contributed by atoms with Gasteiger partial charge in [-0.25, -0.2) is 4.98 Å². The van der Waals surface area contributed by atoms with Crippen molar-refractivity contribution in [2.24, 2.45) is 0 Å².